The van der Waals surface area contributed by atoms with Crippen molar-refractivity contribution in [3.05, 3.63) is 59.5 Å². The summed E-state index contributed by atoms with van der Waals surface area (Å²) < 4.78 is 16.4. The third-order valence-corrected chi connectivity index (χ3v) is 2.81. The van der Waals surface area contributed by atoms with E-state index in [9.17, 15) is 4.79 Å². The predicted molar refractivity (Wildman–Crippen MR) is 75.2 cm³/mol. The van der Waals surface area contributed by atoms with Gasteiger partial charge >= 0.3 is 5.97 Å². The molecule has 0 amide bonds. The minimum atomic E-state index is -0.430. The van der Waals surface area contributed by atoms with Crippen molar-refractivity contribution in [3.63, 3.8) is 0 Å². The molecule has 0 heterocycles. The SMILES string of the molecule is CCOC(=O)C(C)=C(OC1=CC=CC1)OC1=CC=CC1. The van der Waals surface area contributed by atoms with Crippen LogP contribution in [-0.4, -0.2) is 12.6 Å². The van der Waals surface area contributed by atoms with Gasteiger partial charge in [-0.25, -0.2) is 4.79 Å². The average molecular weight is 274 g/mol. The summed E-state index contributed by atoms with van der Waals surface area (Å²) in [6, 6.07) is 0. The minimum absolute atomic E-state index is 0.188. The number of hydrogen-bond donors (Lipinski definition) is 0. The highest BCUT2D eigenvalue weighted by atomic mass is 16.7. The number of carbonyl (C=O) groups excluding carboxylic acids is 1. The van der Waals surface area contributed by atoms with Crippen molar-refractivity contribution >= 4 is 5.97 Å². The molecule has 0 bridgehead atoms. The highest BCUT2D eigenvalue weighted by molar-refractivity contribution is 5.88. The summed E-state index contributed by atoms with van der Waals surface area (Å²) in [5.41, 5.74) is 0.326. The lowest BCUT2D eigenvalue weighted by Gasteiger charge is -2.15. The van der Waals surface area contributed by atoms with E-state index in [1.165, 1.54) is 0 Å². The maximum absolute atomic E-state index is 11.8. The molecule has 4 heteroatoms. The van der Waals surface area contributed by atoms with Gasteiger partial charge in [0.2, 0.25) is 0 Å². The number of carbonyl (C=O) groups is 1. The first-order valence-corrected chi connectivity index (χ1v) is 6.65. The van der Waals surface area contributed by atoms with Crippen LogP contribution in [0.2, 0.25) is 0 Å². The van der Waals surface area contributed by atoms with Crippen LogP contribution in [0.3, 0.4) is 0 Å². The lowest BCUT2D eigenvalue weighted by atomic mass is 10.3. The first-order chi connectivity index (χ1) is 9.70. The fourth-order valence-corrected chi connectivity index (χ4v) is 1.74. The highest BCUT2D eigenvalue weighted by Gasteiger charge is 2.19. The van der Waals surface area contributed by atoms with E-state index in [4.69, 9.17) is 14.2 Å². The van der Waals surface area contributed by atoms with Crippen molar-refractivity contribution < 1.29 is 19.0 Å². The van der Waals surface area contributed by atoms with E-state index in [2.05, 4.69) is 0 Å². The molecule has 20 heavy (non-hydrogen) atoms. The van der Waals surface area contributed by atoms with Crippen LogP contribution in [0.4, 0.5) is 0 Å². The third kappa shape index (κ3) is 3.63. The molecule has 0 fully saturated rings. The molecular weight excluding hydrogens is 256 g/mol. The zero-order chi connectivity index (χ0) is 14.4. The van der Waals surface area contributed by atoms with Crippen LogP contribution in [-0.2, 0) is 19.0 Å². The van der Waals surface area contributed by atoms with Crippen molar-refractivity contribution in [2.75, 3.05) is 6.61 Å². The van der Waals surface area contributed by atoms with Gasteiger partial charge in [0.1, 0.15) is 17.1 Å². The van der Waals surface area contributed by atoms with Crippen LogP contribution >= 0.6 is 0 Å². The number of esters is 1. The monoisotopic (exact) mass is 274 g/mol. The van der Waals surface area contributed by atoms with E-state index in [0.29, 0.717) is 25.0 Å². The Hall–Kier alpha value is -2.23. The quantitative estimate of drug-likeness (QED) is 0.422. The Balaban J connectivity index is 2.13. The Morgan fingerprint density at radius 2 is 1.65 bits per heavy atom. The minimum Gasteiger partial charge on any atom is -0.462 e. The molecule has 0 saturated carbocycles. The van der Waals surface area contributed by atoms with Gasteiger partial charge in [0, 0.05) is 12.8 Å². The van der Waals surface area contributed by atoms with Crippen molar-refractivity contribution in [2.24, 2.45) is 0 Å². The molecule has 0 aliphatic heterocycles. The molecule has 4 nitrogen and oxygen atoms in total. The Labute approximate surface area is 118 Å². The molecule has 0 aromatic rings. The summed E-state index contributed by atoms with van der Waals surface area (Å²) in [6.07, 6.45) is 12.9. The average Bonchev–Trinajstić information content (AvgIpc) is 3.10. The van der Waals surface area contributed by atoms with E-state index in [0.717, 1.165) is 11.5 Å². The predicted octanol–water partition coefficient (Wildman–Crippen LogP) is 3.50. The van der Waals surface area contributed by atoms with E-state index in [1.807, 2.05) is 36.5 Å². The van der Waals surface area contributed by atoms with E-state index >= 15 is 0 Å². The van der Waals surface area contributed by atoms with Crippen LogP contribution < -0.4 is 0 Å². The van der Waals surface area contributed by atoms with Crippen LogP contribution in [0, 0.1) is 0 Å². The summed E-state index contributed by atoms with van der Waals surface area (Å²) in [5, 5.41) is 0. The lowest BCUT2D eigenvalue weighted by molar-refractivity contribution is -0.139. The largest absolute Gasteiger partial charge is 0.462 e. The molecule has 2 rings (SSSR count). The third-order valence-electron chi connectivity index (χ3n) is 2.81. The molecule has 2 aliphatic rings. The smallest absolute Gasteiger partial charge is 0.340 e. The number of allylic oxidation sites excluding steroid dienone is 6. The van der Waals surface area contributed by atoms with Crippen molar-refractivity contribution in [1.82, 2.24) is 0 Å². The molecule has 0 spiro atoms. The van der Waals surface area contributed by atoms with Crippen LogP contribution in [0.5, 0.6) is 0 Å². The second kappa shape index (κ2) is 6.80. The molecule has 0 aromatic heterocycles. The maximum Gasteiger partial charge on any atom is 0.340 e. The Morgan fingerprint density at radius 1 is 1.10 bits per heavy atom. The molecule has 0 aromatic carbocycles. The number of hydrogen-bond acceptors (Lipinski definition) is 4. The van der Waals surface area contributed by atoms with E-state index < -0.39 is 5.97 Å². The summed E-state index contributed by atoms with van der Waals surface area (Å²) in [7, 11) is 0. The summed E-state index contributed by atoms with van der Waals surface area (Å²) in [4.78, 5) is 11.8. The Kier molecular flexibility index (Phi) is 4.82. The zero-order valence-corrected chi connectivity index (χ0v) is 11.7. The van der Waals surface area contributed by atoms with Crippen LogP contribution in [0.1, 0.15) is 26.7 Å². The molecule has 0 unspecified atom stereocenters. The molecular formula is C16H18O4. The molecule has 0 atom stereocenters. The first kappa shape index (κ1) is 14.2. The fraction of sp³-hybridized carbons (Fsp3) is 0.312. The molecule has 0 saturated heterocycles. The molecule has 0 radical (unpaired) electrons. The first-order valence-electron chi connectivity index (χ1n) is 6.65. The maximum atomic E-state index is 11.8. The second-order valence-electron chi connectivity index (χ2n) is 4.37. The van der Waals surface area contributed by atoms with Crippen molar-refractivity contribution in [3.8, 4) is 0 Å². The van der Waals surface area contributed by atoms with Gasteiger partial charge in [-0.2, -0.15) is 0 Å². The van der Waals surface area contributed by atoms with Gasteiger partial charge in [-0.15, -0.1) is 0 Å². The normalized spacial score (nSPS) is 15.7. The van der Waals surface area contributed by atoms with Crippen molar-refractivity contribution in [1.29, 1.82) is 0 Å². The summed E-state index contributed by atoms with van der Waals surface area (Å²) >= 11 is 0. The van der Waals surface area contributed by atoms with Crippen LogP contribution in [0.15, 0.2) is 59.5 Å². The van der Waals surface area contributed by atoms with Gasteiger partial charge in [-0.1, -0.05) is 24.3 Å². The number of ether oxygens (including phenoxy) is 3. The van der Waals surface area contributed by atoms with Gasteiger partial charge in [0.05, 0.1) is 6.61 Å². The Morgan fingerprint density at radius 3 is 2.05 bits per heavy atom. The Bertz CT molecular complexity index is 499. The topological polar surface area (TPSA) is 44.8 Å². The van der Waals surface area contributed by atoms with Gasteiger partial charge in [0.25, 0.3) is 5.95 Å². The van der Waals surface area contributed by atoms with Gasteiger partial charge in [0.15, 0.2) is 0 Å². The fourth-order valence-electron chi connectivity index (χ4n) is 1.74. The van der Waals surface area contributed by atoms with Crippen LogP contribution in [0.25, 0.3) is 0 Å². The number of rotatable bonds is 6. The second-order valence-corrected chi connectivity index (χ2v) is 4.37. The molecule has 106 valence electrons. The van der Waals surface area contributed by atoms with Gasteiger partial charge < -0.3 is 14.2 Å². The molecule has 0 N–H and O–H groups in total. The van der Waals surface area contributed by atoms with E-state index in [-0.39, 0.29) is 5.95 Å². The highest BCUT2D eigenvalue weighted by Crippen LogP contribution is 2.24. The summed E-state index contributed by atoms with van der Waals surface area (Å²) in [6.45, 7) is 3.72. The van der Waals surface area contributed by atoms with Gasteiger partial charge in [-0.05, 0) is 26.0 Å². The lowest BCUT2D eigenvalue weighted by Crippen LogP contribution is -2.11. The standard InChI is InChI=1S/C16H18O4/c1-3-18-15(17)12(2)16(19-13-8-4-5-9-13)20-14-10-6-7-11-14/h4-8,10H,3,9,11H2,1-2H3. The zero-order valence-electron chi connectivity index (χ0n) is 11.7. The van der Waals surface area contributed by atoms with Gasteiger partial charge in [-0.3, -0.25) is 0 Å². The molecule has 2 aliphatic carbocycles. The van der Waals surface area contributed by atoms with E-state index in [1.54, 1.807) is 13.8 Å². The van der Waals surface area contributed by atoms with Crippen molar-refractivity contribution in [2.45, 2.75) is 26.7 Å². The summed E-state index contributed by atoms with van der Waals surface area (Å²) in [5.74, 6) is 1.25.